The van der Waals surface area contributed by atoms with Crippen molar-refractivity contribution in [1.82, 2.24) is 14.8 Å². The van der Waals surface area contributed by atoms with Gasteiger partial charge in [-0.05, 0) is 43.3 Å². The van der Waals surface area contributed by atoms with Crippen LogP contribution in [0.25, 0.3) is 5.69 Å². The van der Waals surface area contributed by atoms with E-state index in [0.717, 1.165) is 5.69 Å². The molecule has 0 saturated heterocycles. The van der Waals surface area contributed by atoms with Crippen molar-refractivity contribution < 1.29 is 14.3 Å². The third-order valence-electron chi connectivity index (χ3n) is 4.69. The summed E-state index contributed by atoms with van der Waals surface area (Å²) in [5.41, 5.74) is 3.74. The van der Waals surface area contributed by atoms with Crippen molar-refractivity contribution in [3.63, 3.8) is 0 Å². The summed E-state index contributed by atoms with van der Waals surface area (Å²) in [6, 6.07) is 17.7. The molecule has 0 saturated carbocycles. The minimum absolute atomic E-state index is 0.0489. The van der Waals surface area contributed by atoms with Gasteiger partial charge in [0.25, 0.3) is 5.91 Å². The highest BCUT2D eigenvalue weighted by atomic mass is 35.5. The van der Waals surface area contributed by atoms with Crippen molar-refractivity contribution in [2.45, 2.75) is 13.5 Å². The Labute approximate surface area is 195 Å². The van der Waals surface area contributed by atoms with E-state index in [4.69, 9.17) is 16.3 Å². The second-order valence-electron chi connectivity index (χ2n) is 7.16. The minimum Gasteiger partial charge on any atom is -0.444 e. The number of aromatic nitrogens is 3. The molecular weight excluding hydrogens is 442 g/mol. The van der Waals surface area contributed by atoms with Gasteiger partial charge in [0.15, 0.2) is 0 Å². The van der Waals surface area contributed by atoms with E-state index in [1.54, 1.807) is 65.6 Å². The zero-order valence-electron chi connectivity index (χ0n) is 17.7. The molecule has 0 aliphatic rings. The lowest BCUT2D eigenvalue weighted by molar-refractivity contribution is 0.102. The number of pyridine rings is 1. The molecule has 9 heteroatoms. The maximum absolute atomic E-state index is 12.6. The Hall–Kier alpha value is -4.17. The summed E-state index contributed by atoms with van der Waals surface area (Å²) in [5, 5.41) is 10.2. The lowest BCUT2D eigenvalue weighted by Crippen LogP contribution is -2.13. The molecule has 0 aliphatic carbocycles. The van der Waals surface area contributed by atoms with Crippen LogP contribution in [0.2, 0.25) is 5.02 Å². The highest BCUT2D eigenvalue weighted by molar-refractivity contribution is 6.31. The largest absolute Gasteiger partial charge is 0.444 e. The molecule has 0 unspecified atom stereocenters. The number of carbonyl (C=O) groups excluding carboxylic acids is 2. The number of benzene rings is 2. The Bertz CT molecular complexity index is 1290. The molecule has 8 nitrogen and oxygen atoms in total. The first-order valence-electron chi connectivity index (χ1n) is 10.0. The van der Waals surface area contributed by atoms with Crippen molar-refractivity contribution in [3.05, 3.63) is 101 Å². The molecule has 0 atom stereocenters. The van der Waals surface area contributed by atoms with Gasteiger partial charge in [-0.2, -0.15) is 5.10 Å². The smallest absolute Gasteiger partial charge is 0.412 e. The van der Waals surface area contributed by atoms with E-state index in [1.807, 2.05) is 19.1 Å². The number of halogens is 1. The van der Waals surface area contributed by atoms with Crippen molar-refractivity contribution in [2.75, 3.05) is 10.6 Å². The van der Waals surface area contributed by atoms with Gasteiger partial charge >= 0.3 is 6.09 Å². The van der Waals surface area contributed by atoms with Gasteiger partial charge < -0.3 is 10.1 Å². The summed E-state index contributed by atoms with van der Waals surface area (Å²) >= 11 is 6.07. The third kappa shape index (κ3) is 5.75. The van der Waals surface area contributed by atoms with Crippen LogP contribution in [0.3, 0.4) is 0 Å². The molecule has 4 aromatic rings. The van der Waals surface area contributed by atoms with Gasteiger partial charge in [0.1, 0.15) is 6.61 Å². The topological polar surface area (TPSA) is 98.1 Å². The number of rotatable bonds is 6. The van der Waals surface area contributed by atoms with E-state index in [2.05, 4.69) is 20.7 Å². The number of ether oxygens (including phenoxy) is 1. The zero-order chi connectivity index (χ0) is 23.2. The van der Waals surface area contributed by atoms with Gasteiger partial charge in [0.2, 0.25) is 0 Å². The molecular formula is C24H20ClN5O3. The number of hydrogen-bond acceptors (Lipinski definition) is 5. The van der Waals surface area contributed by atoms with Gasteiger partial charge in [-0.3, -0.25) is 15.1 Å². The summed E-state index contributed by atoms with van der Waals surface area (Å²) in [7, 11) is 0. The second kappa shape index (κ2) is 9.97. The number of amides is 2. The molecule has 2 amide bonds. The predicted octanol–water partition coefficient (Wildman–Crippen LogP) is 5.23. The fourth-order valence-electron chi connectivity index (χ4n) is 2.98. The van der Waals surface area contributed by atoms with Gasteiger partial charge in [-0.15, -0.1) is 0 Å². The first-order valence-corrected chi connectivity index (χ1v) is 10.4. The van der Waals surface area contributed by atoms with Gasteiger partial charge in [-0.1, -0.05) is 35.9 Å². The lowest BCUT2D eigenvalue weighted by Gasteiger charge is -2.08. The molecule has 2 aromatic carbocycles. The summed E-state index contributed by atoms with van der Waals surface area (Å²) in [5.74, 6) is -0.267. The third-order valence-corrected chi connectivity index (χ3v) is 5.06. The van der Waals surface area contributed by atoms with Crippen LogP contribution in [-0.2, 0) is 11.3 Å². The molecule has 2 heterocycles. The fourth-order valence-corrected chi connectivity index (χ4v) is 3.17. The lowest BCUT2D eigenvalue weighted by atomic mass is 10.2. The normalized spacial score (nSPS) is 10.5. The Balaban J connectivity index is 1.38. The van der Waals surface area contributed by atoms with E-state index in [9.17, 15) is 9.59 Å². The Kier molecular flexibility index (Phi) is 6.66. The molecule has 4 rings (SSSR count). The van der Waals surface area contributed by atoms with Crippen LogP contribution in [-0.4, -0.2) is 26.8 Å². The van der Waals surface area contributed by atoms with E-state index in [-0.39, 0.29) is 12.5 Å². The number of aryl methyl sites for hydroxylation is 1. The van der Waals surface area contributed by atoms with Crippen LogP contribution in [0.5, 0.6) is 0 Å². The van der Waals surface area contributed by atoms with Crippen LogP contribution in [0.1, 0.15) is 21.6 Å². The monoisotopic (exact) mass is 461 g/mol. The SMILES string of the molecule is Cc1ccc(NC(=O)c2cccc(-n3cc(NC(=O)OCc4ccccc4Cl)cn3)c2)cn1. The number of nitrogens with one attached hydrogen (secondary N) is 2. The average Bonchev–Trinajstić information content (AvgIpc) is 3.28. The van der Waals surface area contributed by atoms with Crippen molar-refractivity contribution in [3.8, 4) is 5.69 Å². The molecule has 0 fully saturated rings. The van der Waals surface area contributed by atoms with Crippen LogP contribution in [0.15, 0.2) is 79.3 Å². The summed E-state index contributed by atoms with van der Waals surface area (Å²) in [4.78, 5) is 28.9. The van der Waals surface area contributed by atoms with Crippen LogP contribution in [0.4, 0.5) is 16.2 Å². The first kappa shape index (κ1) is 22.0. The molecule has 0 bridgehead atoms. The van der Waals surface area contributed by atoms with Gasteiger partial charge in [0.05, 0.1) is 35.7 Å². The summed E-state index contributed by atoms with van der Waals surface area (Å²) in [6.45, 7) is 1.92. The number of anilines is 2. The quantitative estimate of drug-likeness (QED) is 0.409. The van der Waals surface area contributed by atoms with Crippen LogP contribution in [0, 0.1) is 6.92 Å². The molecule has 0 spiro atoms. The average molecular weight is 462 g/mol. The highest BCUT2D eigenvalue weighted by Crippen LogP contribution is 2.17. The van der Waals surface area contributed by atoms with Crippen LogP contribution < -0.4 is 10.6 Å². The Morgan fingerprint density at radius 2 is 1.85 bits per heavy atom. The van der Waals surface area contributed by atoms with Crippen LogP contribution >= 0.6 is 11.6 Å². The maximum Gasteiger partial charge on any atom is 0.412 e. The number of nitrogens with zero attached hydrogens (tertiary/aromatic N) is 3. The highest BCUT2D eigenvalue weighted by Gasteiger charge is 2.11. The predicted molar refractivity (Wildman–Crippen MR) is 126 cm³/mol. The standard InChI is InChI=1S/C24H20ClN5O3/c1-16-9-10-19(12-26-16)28-23(31)17-6-4-7-21(11-17)30-14-20(13-27-30)29-24(32)33-15-18-5-2-3-8-22(18)25/h2-14H,15H2,1H3,(H,28,31)(H,29,32). The second-order valence-corrected chi connectivity index (χ2v) is 7.57. The van der Waals surface area contributed by atoms with Crippen molar-refractivity contribution >= 4 is 35.0 Å². The molecule has 2 aromatic heterocycles. The van der Waals surface area contributed by atoms with Gasteiger partial charge in [-0.25, -0.2) is 9.48 Å². The van der Waals surface area contributed by atoms with E-state index in [0.29, 0.717) is 33.2 Å². The molecule has 0 aliphatic heterocycles. The number of carbonyl (C=O) groups is 2. The van der Waals surface area contributed by atoms with Crippen molar-refractivity contribution in [2.24, 2.45) is 0 Å². The summed E-state index contributed by atoms with van der Waals surface area (Å²) in [6.07, 6.45) is 4.08. The molecule has 166 valence electrons. The van der Waals surface area contributed by atoms with E-state index in [1.165, 1.54) is 6.20 Å². The minimum atomic E-state index is -0.630. The summed E-state index contributed by atoms with van der Waals surface area (Å²) < 4.78 is 6.76. The van der Waals surface area contributed by atoms with E-state index >= 15 is 0 Å². The molecule has 33 heavy (non-hydrogen) atoms. The first-order chi connectivity index (χ1) is 16.0. The molecule has 0 radical (unpaired) electrons. The maximum atomic E-state index is 12.6. The Morgan fingerprint density at radius 3 is 2.64 bits per heavy atom. The fraction of sp³-hybridized carbons (Fsp3) is 0.0833. The number of hydrogen-bond donors (Lipinski definition) is 2. The van der Waals surface area contributed by atoms with Gasteiger partial charge in [0, 0.05) is 21.8 Å². The van der Waals surface area contributed by atoms with Crippen molar-refractivity contribution in [1.29, 1.82) is 0 Å². The zero-order valence-corrected chi connectivity index (χ0v) is 18.4. The Morgan fingerprint density at radius 1 is 1.00 bits per heavy atom. The molecule has 2 N–H and O–H groups in total. The van der Waals surface area contributed by atoms with E-state index < -0.39 is 6.09 Å².